The van der Waals surface area contributed by atoms with Gasteiger partial charge in [-0.25, -0.2) is 5.48 Å². The van der Waals surface area contributed by atoms with Gasteiger partial charge in [0.25, 0.3) is 11.7 Å². The molecule has 0 aliphatic heterocycles. The van der Waals surface area contributed by atoms with E-state index >= 15 is 0 Å². The van der Waals surface area contributed by atoms with E-state index < -0.39 is 5.91 Å². The number of carbonyl (C=O) groups is 2. The lowest BCUT2D eigenvalue weighted by Crippen LogP contribution is -2.25. The quantitative estimate of drug-likeness (QED) is 0.433. The lowest BCUT2D eigenvalue weighted by Gasteiger charge is -2.22. The van der Waals surface area contributed by atoms with Gasteiger partial charge in [0.15, 0.2) is 0 Å². The van der Waals surface area contributed by atoms with Crippen LogP contribution in [-0.4, -0.2) is 33.7 Å². The van der Waals surface area contributed by atoms with Crippen molar-refractivity contribution in [1.29, 1.82) is 0 Å². The van der Waals surface area contributed by atoms with E-state index in [0.29, 0.717) is 13.0 Å². The molecule has 3 N–H and O–H groups in total. The average Bonchev–Trinajstić information content (AvgIpc) is 3.16. The largest absolute Gasteiger partial charge is 0.349 e. The lowest BCUT2D eigenvalue weighted by atomic mass is 9.84. The SMILES string of the molecule is CCCNC(=O)c1noc([C@@H](CCCC2CCCCC2)CC(=O)NO)n1. The molecule has 26 heavy (non-hydrogen) atoms. The Kier molecular flexibility index (Phi) is 8.53. The van der Waals surface area contributed by atoms with Crippen LogP contribution in [-0.2, 0) is 4.79 Å². The minimum Gasteiger partial charge on any atom is -0.349 e. The van der Waals surface area contributed by atoms with Crippen LogP contribution in [0.15, 0.2) is 4.52 Å². The smallest absolute Gasteiger partial charge is 0.292 e. The molecule has 0 unspecified atom stereocenters. The molecule has 1 aromatic rings. The zero-order valence-electron chi connectivity index (χ0n) is 15.5. The summed E-state index contributed by atoms with van der Waals surface area (Å²) in [4.78, 5) is 27.7. The molecule has 1 heterocycles. The van der Waals surface area contributed by atoms with Crippen molar-refractivity contribution >= 4 is 11.8 Å². The van der Waals surface area contributed by atoms with Crippen LogP contribution in [0.25, 0.3) is 0 Å². The molecule has 2 rings (SSSR count). The van der Waals surface area contributed by atoms with Crippen molar-refractivity contribution in [1.82, 2.24) is 20.9 Å². The minimum absolute atomic E-state index is 0.0184. The predicted octanol–water partition coefficient (Wildman–Crippen LogP) is 2.94. The van der Waals surface area contributed by atoms with Gasteiger partial charge < -0.3 is 9.84 Å². The summed E-state index contributed by atoms with van der Waals surface area (Å²) in [6, 6.07) is 0. The number of hydrogen-bond acceptors (Lipinski definition) is 6. The standard InChI is InChI=1S/C18H30N4O4/c1-2-11-19-17(24)16-20-18(26-22-16)14(12-15(23)21-25)10-6-9-13-7-4-3-5-8-13/h13-14,25H,2-12H2,1H3,(H,19,24)(H,21,23)/t14-/m0/s1. The summed E-state index contributed by atoms with van der Waals surface area (Å²) < 4.78 is 5.23. The maximum atomic E-state index is 11.9. The van der Waals surface area contributed by atoms with Crippen LogP contribution in [0.3, 0.4) is 0 Å². The van der Waals surface area contributed by atoms with Gasteiger partial charge in [-0.1, -0.05) is 57.0 Å². The van der Waals surface area contributed by atoms with E-state index in [0.717, 1.165) is 25.2 Å². The highest BCUT2D eigenvalue weighted by Crippen LogP contribution is 2.31. The number of nitrogens with zero attached hydrogens (tertiary/aromatic N) is 2. The molecule has 1 aliphatic carbocycles. The van der Waals surface area contributed by atoms with E-state index in [-0.39, 0.29) is 30.0 Å². The fraction of sp³-hybridized carbons (Fsp3) is 0.778. The molecule has 0 saturated heterocycles. The number of aromatic nitrogens is 2. The van der Waals surface area contributed by atoms with Crippen LogP contribution in [0.2, 0.25) is 0 Å². The van der Waals surface area contributed by atoms with Crippen molar-refractivity contribution in [2.75, 3.05) is 6.54 Å². The van der Waals surface area contributed by atoms with Gasteiger partial charge >= 0.3 is 0 Å². The second kappa shape index (κ2) is 10.9. The Morgan fingerprint density at radius 1 is 1.31 bits per heavy atom. The molecule has 1 aliphatic rings. The summed E-state index contributed by atoms with van der Waals surface area (Å²) in [6.07, 6.45) is 10.2. The Balaban J connectivity index is 1.93. The highest BCUT2D eigenvalue weighted by molar-refractivity contribution is 5.90. The van der Waals surface area contributed by atoms with E-state index in [2.05, 4.69) is 15.5 Å². The van der Waals surface area contributed by atoms with Crippen LogP contribution in [0.4, 0.5) is 0 Å². The third-order valence-corrected chi connectivity index (χ3v) is 4.98. The Bertz CT molecular complexity index is 569. The molecular weight excluding hydrogens is 336 g/mol. The number of carbonyl (C=O) groups excluding carboxylic acids is 2. The maximum absolute atomic E-state index is 11.9. The van der Waals surface area contributed by atoms with Gasteiger partial charge in [0.1, 0.15) is 0 Å². The van der Waals surface area contributed by atoms with Crippen molar-refractivity contribution in [3.8, 4) is 0 Å². The molecule has 0 radical (unpaired) electrons. The first-order chi connectivity index (χ1) is 12.6. The van der Waals surface area contributed by atoms with E-state index in [1.807, 2.05) is 6.92 Å². The van der Waals surface area contributed by atoms with Crippen LogP contribution in [0.1, 0.15) is 93.6 Å². The third kappa shape index (κ3) is 6.40. The van der Waals surface area contributed by atoms with E-state index in [1.165, 1.54) is 32.1 Å². The fourth-order valence-electron chi connectivity index (χ4n) is 3.52. The number of rotatable bonds is 10. The lowest BCUT2D eigenvalue weighted by molar-refractivity contribution is -0.129. The molecular formula is C18H30N4O4. The van der Waals surface area contributed by atoms with Crippen LogP contribution in [0.5, 0.6) is 0 Å². The second-order valence-electron chi connectivity index (χ2n) is 7.08. The maximum Gasteiger partial charge on any atom is 0.292 e. The van der Waals surface area contributed by atoms with Crippen molar-refractivity contribution in [2.24, 2.45) is 5.92 Å². The van der Waals surface area contributed by atoms with Gasteiger partial charge in [0.05, 0.1) is 0 Å². The molecule has 1 aromatic heterocycles. The summed E-state index contributed by atoms with van der Waals surface area (Å²) in [5.74, 6) is -0.161. The average molecular weight is 366 g/mol. The molecule has 0 spiro atoms. The van der Waals surface area contributed by atoms with Gasteiger partial charge in [0.2, 0.25) is 11.8 Å². The summed E-state index contributed by atoms with van der Waals surface area (Å²) in [5, 5.41) is 15.2. The van der Waals surface area contributed by atoms with Gasteiger partial charge in [-0.15, -0.1) is 0 Å². The first-order valence-corrected chi connectivity index (χ1v) is 9.68. The first kappa shape index (κ1) is 20.4. The monoisotopic (exact) mass is 366 g/mol. The Morgan fingerprint density at radius 3 is 2.77 bits per heavy atom. The topological polar surface area (TPSA) is 117 Å². The van der Waals surface area contributed by atoms with Gasteiger partial charge in [0, 0.05) is 18.9 Å². The summed E-state index contributed by atoms with van der Waals surface area (Å²) in [6.45, 7) is 2.50. The predicted molar refractivity (Wildman–Crippen MR) is 94.6 cm³/mol. The Hall–Kier alpha value is -1.96. The molecule has 1 atom stereocenters. The highest BCUT2D eigenvalue weighted by Gasteiger charge is 2.24. The number of hydrogen-bond donors (Lipinski definition) is 3. The van der Waals surface area contributed by atoms with Crippen molar-refractivity contribution in [3.05, 3.63) is 11.7 Å². The van der Waals surface area contributed by atoms with Gasteiger partial charge in [-0.3, -0.25) is 14.8 Å². The highest BCUT2D eigenvalue weighted by atomic mass is 16.5. The van der Waals surface area contributed by atoms with E-state index in [9.17, 15) is 9.59 Å². The second-order valence-corrected chi connectivity index (χ2v) is 7.08. The number of nitrogens with one attached hydrogen (secondary N) is 2. The number of amides is 2. The zero-order chi connectivity index (χ0) is 18.8. The van der Waals surface area contributed by atoms with Gasteiger partial charge in [-0.2, -0.15) is 4.98 Å². The zero-order valence-corrected chi connectivity index (χ0v) is 15.5. The molecule has 1 fully saturated rings. The molecule has 8 heteroatoms. The van der Waals surface area contributed by atoms with Crippen molar-refractivity contribution < 1.29 is 19.3 Å². The van der Waals surface area contributed by atoms with Crippen LogP contribution in [0, 0.1) is 5.92 Å². The van der Waals surface area contributed by atoms with Gasteiger partial charge in [-0.05, 0) is 18.8 Å². The Morgan fingerprint density at radius 2 is 2.08 bits per heavy atom. The molecule has 146 valence electrons. The molecule has 0 aromatic carbocycles. The fourth-order valence-corrected chi connectivity index (χ4v) is 3.52. The van der Waals surface area contributed by atoms with Crippen molar-refractivity contribution in [3.63, 3.8) is 0 Å². The Labute approximate surface area is 154 Å². The molecule has 2 amide bonds. The van der Waals surface area contributed by atoms with Crippen molar-refractivity contribution in [2.45, 2.75) is 77.0 Å². The first-order valence-electron chi connectivity index (χ1n) is 9.68. The molecule has 1 saturated carbocycles. The third-order valence-electron chi connectivity index (χ3n) is 4.98. The van der Waals surface area contributed by atoms with E-state index in [1.54, 1.807) is 5.48 Å². The summed E-state index contributed by atoms with van der Waals surface area (Å²) in [7, 11) is 0. The molecule has 0 bridgehead atoms. The molecule has 8 nitrogen and oxygen atoms in total. The summed E-state index contributed by atoms with van der Waals surface area (Å²) >= 11 is 0. The minimum atomic E-state index is -0.497. The normalized spacial score (nSPS) is 16.2. The summed E-state index contributed by atoms with van der Waals surface area (Å²) in [5.41, 5.74) is 1.65. The van der Waals surface area contributed by atoms with Crippen LogP contribution < -0.4 is 10.8 Å². The van der Waals surface area contributed by atoms with E-state index in [4.69, 9.17) is 9.73 Å². The number of hydroxylamine groups is 1. The van der Waals surface area contributed by atoms with Crippen LogP contribution >= 0.6 is 0 Å².